The van der Waals surface area contributed by atoms with E-state index in [0.717, 1.165) is 25.7 Å². The van der Waals surface area contributed by atoms with Crippen molar-refractivity contribution in [1.82, 2.24) is 4.90 Å². The third kappa shape index (κ3) is 2.51. The lowest BCUT2D eigenvalue weighted by Gasteiger charge is -2.59. The lowest BCUT2D eigenvalue weighted by Crippen LogP contribution is -2.70. The summed E-state index contributed by atoms with van der Waals surface area (Å²) in [6.45, 7) is 6.23. The highest BCUT2D eigenvalue weighted by molar-refractivity contribution is 5.66. The number of rotatable bonds is 1. The molecule has 4 aliphatic heterocycles. The Hall–Kier alpha value is -0.890. The predicted octanol–water partition coefficient (Wildman–Crippen LogP) is 2.89. The molecule has 0 unspecified atom stereocenters. The van der Waals surface area contributed by atoms with Crippen LogP contribution in [0.4, 0.5) is 4.79 Å². The minimum atomic E-state index is -0.811. The van der Waals surface area contributed by atoms with Crippen LogP contribution in [-0.4, -0.2) is 49.1 Å². The highest BCUT2D eigenvalue weighted by Crippen LogP contribution is 2.60. The number of fused-ring (bicyclic) bond motifs is 2. The van der Waals surface area contributed by atoms with Crippen LogP contribution in [0.25, 0.3) is 0 Å². The third-order valence-electron chi connectivity index (χ3n) is 6.68. The van der Waals surface area contributed by atoms with Gasteiger partial charge in [0.2, 0.25) is 12.1 Å². The van der Waals surface area contributed by atoms with E-state index in [4.69, 9.17) is 24.0 Å². The number of amides is 1. The first-order chi connectivity index (χ1) is 11.8. The quantitative estimate of drug-likeness (QED) is 0.674. The van der Waals surface area contributed by atoms with Crippen molar-refractivity contribution in [2.45, 2.75) is 70.4 Å². The van der Waals surface area contributed by atoms with Gasteiger partial charge < -0.3 is 19.1 Å². The highest BCUT2D eigenvalue weighted by Gasteiger charge is 2.69. The Bertz CT molecular complexity index is 556. The number of carbonyl (C=O) groups excluding carboxylic acids is 1. The Morgan fingerprint density at radius 2 is 1.88 bits per heavy atom. The van der Waals surface area contributed by atoms with E-state index in [-0.39, 0.29) is 11.8 Å². The van der Waals surface area contributed by atoms with Crippen LogP contribution in [0, 0.1) is 23.7 Å². The van der Waals surface area contributed by atoms with E-state index in [9.17, 15) is 4.79 Å². The van der Waals surface area contributed by atoms with E-state index in [1.165, 1.54) is 4.90 Å². The normalized spacial score (nSPS) is 51.4. The van der Waals surface area contributed by atoms with Gasteiger partial charge in [0.05, 0.1) is 0 Å². The Kier molecular flexibility index (Phi) is 4.07. The van der Waals surface area contributed by atoms with Gasteiger partial charge in [0, 0.05) is 32.4 Å². The fourth-order valence-corrected chi connectivity index (χ4v) is 5.21. The molecule has 1 aliphatic carbocycles. The first-order valence-electron chi connectivity index (χ1n) is 9.35. The smallest absolute Gasteiger partial charge is 0.411 e. The second-order valence-corrected chi connectivity index (χ2v) is 8.55. The van der Waals surface area contributed by atoms with Gasteiger partial charge >= 0.3 is 6.09 Å². The standard InChI is InChI=1S/C18H29NO6/c1-10-6-7-13-11(2)14(22-16(20)19(4)5)21-15-18(13)12(10)8-9-17(3,23-15)24-25-18/h10-15H,6-9H2,1-5H3/t10-,11-,12+,13+,14-,15-,17-,18-/m1/s1. The van der Waals surface area contributed by atoms with Gasteiger partial charge in [-0.2, -0.15) is 0 Å². The molecule has 0 aromatic heterocycles. The first kappa shape index (κ1) is 17.5. The molecule has 7 heteroatoms. The summed E-state index contributed by atoms with van der Waals surface area (Å²) in [6.07, 6.45) is 2.24. The van der Waals surface area contributed by atoms with Crippen LogP contribution in [0.15, 0.2) is 0 Å². The van der Waals surface area contributed by atoms with E-state index in [0.29, 0.717) is 11.8 Å². The molecule has 142 valence electrons. The lowest BCUT2D eigenvalue weighted by atomic mass is 9.58. The van der Waals surface area contributed by atoms with Crippen LogP contribution >= 0.6 is 0 Å². The van der Waals surface area contributed by atoms with Crippen LogP contribution in [0.3, 0.4) is 0 Å². The van der Waals surface area contributed by atoms with Crippen molar-refractivity contribution >= 4 is 6.09 Å². The van der Waals surface area contributed by atoms with Gasteiger partial charge in [-0.15, -0.1) is 0 Å². The Balaban J connectivity index is 1.68. The van der Waals surface area contributed by atoms with Crippen LogP contribution in [0.2, 0.25) is 0 Å². The highest BCUT2D eigenvalue weighted by atomic mass is 17.3. The molecular formula is C18H29NO6. The summed E-state index contributed by atoms with van der Waals surface area (Å²) in [4.78, 5) is 25.3. The van der Waals surface area contributed by atoms with Gasteiger partial charge in [-0.3, -0.25) is 0 Å². The molecule has 4 heterocycles. The molecule has 0 aromatic carbocycles. The summed E-state index contributed by atoms with van der Waals surface area (Å²) >= 11 is 0. The molecule has 4 saturated heterocycles. The molecule has 25 heavy (non-hydrogen) atoms. The summed E-state index contributed by atoms with van der Waals surface area (Å²) in [7, 11) is 3.33. The van der Waals surface area contributed by atoms with Gasteiger partial charge in [-0.25, -0.2) is 14.6 Å². The number of hydrogen-bond acceptors (Lipinski definition) is 6. The molecule has 8 atom stereocenters. The van der Waals surface area contributed by atoms with Gasteiger partial charge in [-0.1, -0.05) is 13.8 Å². The Morgan fingerprint density at radius 3 is 2.60 bits per heavy atom. The van der Waals surface area contributed by atoms with Crippen molar-refractivity contribution in [1.29, 1.82) is 0 Å². The molecule has 5 aliphatic rings. The van der Waals surface area contributed by atoms with E-state index >= 15 is 0 Å². The van der Waals surface area contributed by atoms with Crippen molar-refractivity contribution in [2.75, 3.05) is 14.1 Å². The zero-order chi connectivity index (χ0) is 18.0. The lowest BCUT2D eigenvalue weighted by molar-refractivity contribution is -0.576. The summed E-state index contributed by atoms with van der Waals surface area (Å²) in [5.74, 6) is 0.185. The van der Waals surface area contributed by atoms with E-state index < -0.39 is 30.1 Å². The first-order valence-corrected chi connectivity index (χ1v) is 9.35. The number of carbonyl (C=O) groups is 1. The maximum absolute atomic E-state index is 12.1. The SMILES string of the molecule is C[C@H]1[C@@H](OC(=O)N(C)C)O[C@@H]2O[C@@]3(C)CC[C@H]4[C@H](C)CC[C@@H]1[C@@]24OO3. The van der Waals surface area contributed by atoms with E-state index in [2.05, 4.69) is 13.8 Å². The molecule has 5 fully saturated rings. The van der Waals surface area contributed by atoms with Gasteiger partial charge in [-0.05, 0) is 38.0 Å². The molecule has 0 aromatic rings. The minimum Gasteiger partial charge on any atom is -0.419 e. The molecule has 7 nitrogen and oxygen atoms in total. The zero-order valence-electron chi connectivity index (χ0n) is 15.7. The van der Waals surface area contributed by atoms with Gasteiger partial charge in [0.25, 0.3) is 0 Å². The van der Waals surface area contributed by atoms with Crippen LogP contribution in [-0.2, 0) is 24.0 Å². The van der Waals surface area contributed by atoms with E-state index in [1.54, 1.807) is 14.1 Å². The Morgan fingerprint density at radius 1 is 1.12 bits per heavy atom. The molecule has 2 bridgehead atoms. The van der Waals surface area contributed by atoms with E-state index in [1.807, 2.05) is 6.92 Å². The summed E-state index contributed by atoms with van der Waals surface area (Å²) in [5.41, 5.74) is -0.617. The second kappa shape index (κ2) is 5.81. The van der Waals surface area contributed by atoms with Crippen LogP contribution < -0.4 is 0 Å². The largest absolute Gasteiger partial charge is 0.419 e. The fourth-order valence-electron chi connectivity index (χ4n) is 5.21. The number of nitrogens with zero attached hydrogens (tertiary/aromatic N) is 1. The molecule has 1 spiro atoms. The third-order valence-corrected chi connectivity index (χ3v) is 6.68. The average Bonchev–Trinajstić information content (AvgIpc) is 2.78. The van der Waals surface area contributed by atoms with Crippen molar-refractivity contribution in [3.8, 4) is 0 Å². The summed E-state index contributed by atoms with van der Waals surface area (Å²) in [6, 6.07) is 0. The van der Waals surface area contributed by atoms with Crippen molar-refractivity contribution in [2.24, 2.45) is 23.7 Å². The minimum absolute atomic E-state index is 0.00445. The number of ether oxygens (including phenoxy) is 3. The monoisotopic (exact) mass is 355 g/mol. The van der Waals surface area contributed by atoms with Crippen molar-refractivity contribution < 1.29 is 28.8 Å². The average molecular weight is 355 g/mol. The molecule has 1 amide bonds. The second-order valence-electron chi connectivity index (χ2n) is 8.55. The van der Waals surface area contributed by atoms with Crippen LogP contribution in [0.1, 0.15) is 46.5 Å². The van der Waals surface area contributed by atoms with Crippen LogP contribution in [0.5, 0.6) is 0 Å². The topological polar surface area (TPSA) is 66.5 Å². The number of hydrogen-bond donors (Lipinski definition) is 0. The molecular weight excluding hydrogens is 326 g/mol. The zero-order valence-corrected chi connectivity index (χ0v) is 15.7. The maximum Gasteiger partial charge on any atom is 0.411 e. The molecule has 0 N–H and O–H groups in total. The Labute approximate surface area is 148 Å². The van der Waals surface area contributed by atoms with Gasteiger partial charge in [0.1, 0.15) is 0 Å². The van der Waals surface area contributed by atoms with Crippen molar-refractivity contribution in [3.05, 3.63) is 0 Å². The molecule has 5 rings (SSSR count). The summed E-state index contributed by atoms with van der Waals surface area (Å²) < 4.78 is 18.0. The molecule has 1 saturated carbocycles. The predicted molar refractivity (Wildman–Crippen MR) is 87.0 cm³/mol. The molecule has 0 radical (unpaired) electrons. The summed E-state index contributed by atoms with van der Waals surface area (Å²) in [5, 5.41) is 0. The van der Waals surface area contributed by atoms with Gasteiger partial charge in [0.15, 0.2) is 11.9 Å². The van der Waals surface area contributed by atoms with Crippen molar-refractivity contribution in [3.63, 3.8) is 0 Å². The maximum atomic E-state index is 12.1. The fraction of sp³-hybridized carbons (Fsp3) is 0.944.